The Balaban J connectivity index is 1.43. The lowest BCUT2D eigenvalue weighted by Gasteiger charge is -2.19. The molecule has 0 atom stereocenters. The zero-order valence-electron chi connectivity index (χ0n) is 16.2. The fourth-order valence-electron chi connectivity index (χ4n) is 3.33. The molecule has 3 aromatic carbocycles. The predicted octanol–water partition coefficient (Wildman–Crippen LogP) is 3.70. The van der Waals surface area contributed by atoms with Gasteiger partial charge in [-0.3, -0.25) is 14.4 Å². The van der Waals surface area contributed by atoms with Crippen molar-refractivity contribution in [3.63, 3.8) is 0 Å². The van der Waals surface area contributed by atoms with Crippen LogP contribution in [0.15, 0.2) is 77.7 Å². The van der Waals surface area contributed by atoms with Crippen molar-refractivity contribution in [2.24, 2.45) is 0 Å². The number of carbonyl (C=O) groups excluding carboxylic acids is 1. The lowest BCUT2D eigenvalue weighted by molar-refractivity contribution is 0.0977. The number of halogens is 1. The number of sulfonamides is 1. The monoisotopic (exact) mass is 455 g/mol. The molecule has 0 aromatic heterocycles. The largest absolute Gasteiger partial charge is 0.332 e. The van der Waals surface area contributed by atoms with Crippen molar-refractivity contribution >= 4 is 44.6 Å². The molecule has 0 unspecified atom stereocenters. The molecular formula is C22H18FN3O3S2. The molecule has 0 saturated heterocycles. The highest BCUT2D eigenvalue weighted by atomic mass is 32.2. The third-order valence-corrected chi connectivity index (χ3v) is 6.91. The van der Waals surface area contributed by atoms with Gasteiger partial charge in [0, 0.05) is 17.8 Å². The number of amides is 1. The Morgan fingerprint density at radius 2 is 1.65 bits per heavy atom. The lowest BCUT2D eigenvalue weighted by atomic mass is 10.2. The van der Waals surface area contributed by atoms with E-state index in [0.717, 1.165) is 5.56 Å². The summed E-state index contributed by atoms with van der Waals surface area (Å²) in [6, 6.07) is 18.6. The third-order valence-electron chi connectivity index (χ3n) is 4.88. The molecule has 0 saturated carbocycles. The normalized spacial score (nSPS) is 12.9. The Bertz CT molecular complexity index is 1240. The summed E-state index contributed by atoms with van der Waals surface area (Å²) in [5, 5.41) is 5.37. The van der Waals surface area contributed by atoms with E-state index in [2.05, 4.69) is 10.6 Å². The van der Waals surface area contributed by atoms with E-state index in [9.17, 15) is 17.6 Å². The number of hydrogen-bond donors (Lipinski definition) is 2. The number of para-hydroxylation sites is 1. The number of hydrogen-bond acceptors (Lipinski definition) is 4. The molecule has 0 aliphatic carbocycles. The molecular weight excluding hydrogens is 437 g/mol. The highest BCUT2D eigenvalue weighted by molar-refractivity contribution is 7.92. The first-order valence-electron chi connectivity index (χ1n) is 9.43. The molecule has 1 aliphatic heterocycles. The van der Waals surface area contributed by atoms with E-state index < -0.39 is 21.7 Å². The fourth-order valence-corrected chi connectivity index (χ4v) is 5.05. The minimum absolute atomic E-state index is 0.0402. The van der Waals surface area contributed by atoms with E-state index in [-0.39, 0.29) is 15.6 Å². The van der Waals surface area contributed by atoms with E-state index in [1.165, 1.54) is 40.7 Å². The standard InChI is InChI=1S/C22H18FN3O3S2/c23-17-7-5-16(6-8-17)21(27)25-22(30)24-18-9-11-19(12-10-18)31(28,29)26-14-13-15-3-1-2-4-20(15)26/h1-12H,13-14H2,(H2,24,25,27,30). The molecule has 4 rings (SSSR count). The molecule has 1 amide bonds. The maximum absolute atomic E-state index is 13.1. The van der Waals surface area contributed by atoms with Crippen LogP contribution < -0.4 is 14.9 Å². The Labute approximate surface area is 184 Å². The number of carbonyl (C=O) groups is 1. The van der Waals surface area contributed by atoms with Crippen LogP contribution in [-0.4, -0.2) is 26.0 Å². The summed E-state index contributed by atoms with van der Waals surface area (Å²) in [6.45, 7) is 0.404. The first-order chi connectivity index (χ1) is 14.8. The van der Waals surface area contributed by atoms with Gasteiger partial charge in [-0.05, 0) is 78.8 Å². The highest BCUT2D eigenvalue weighted by Gasteiger charge is 2.30. The second-order valence-corrected chi connectivity index (χ2v) is 9.17. The highest BCUT2D eigenvalue weighted by Crippen LogP contribution is 2.32. The van der Waals surface area contributed by atoms with Crippen LogP contribution in [0.25, 0.3) is 0 Å². The van der Waals surface area contributed by atoms with E-state index in [1.807, 2.05) is 18.2 Å². The topological polar surface area (TPSA) is 78.5 Å². The van der Waals surface area contributed by atoms with Crippen LogP contribution in [0.4, 0.5) is 15.8 Å². The van der Waals surface area contributed by atoms with Crippen molar-refractivity contribution in [3.05, 3.63) is 89.7 Å². The van der Waals surface area contributed by atoms with Gasteiger partial charge in [0.1, 0.15) is 5.82 Å². The fraction of sp³-hybridized carbons (Fsp3) is 0.0909. The lowest BCUT2D eigenvalue weighted by Crippen LogP contribution is -2.34. The summed E-state index contributed by atoms with van der Waals surface area (Å²) in [6.07, 6.45) is 0.678. The minimum atomic E-state index is -3.68. The quantitative estimate of drug-likeness (QED) is 0.587. The molecule has 158 valence electrons. The summed E-state index contributed by atoms with van der Waals surface area (Å²) in [4.78, 5) is 12.3. The van der Waals surface area contributed by atoms with Crippen molar-refractivity contribution in [2.45, 2.75) is 11.3 Å². The zero-order valence-corrected chi connectivity index (χ0v) is 17.8. The van der Waals surface area contributed by atoms with Gasteiger partial charge in [0.15, 0.2) is 5.11 Å². The average Bonchev–Trinajstić information content (AvgIpc) is 3.19. The minimum Gasteiger partial charge on any atom is -0.332 e. The van der Waals surface area contributed by atoms with E-state index >= 15 is 0 Å². The van der Waals surface area contributed by atoms with Crippen LogP contribution in [-0.2, 0) is 16.4 Å². The number of rotatable bonds is 4. The van der Waals surface area contributed by atoms with Gasteiger partial charge in [0.2, 0.25) is 0 Å². The molecule has 3 aromatic rings. The van der Waals surface area contributed by atoms with Crippen LogP contribution in [0.1, 0.15) is 15.9 Å². The first kappa shape index (κ1) is 21.0. The molecule has 1 heterocycles. The molecule has 9 heteroatoms. The van der Waals surface area contributed by atoms with Crippen LogP contribution in [0, 0.1) is 5.82 Å². The van der Waals surface area contributed by atoms with Gasteiger partial charge in [-0.2, -0.15) is 0 Å². The second-order valence-electron chi connectivity index (χ2n) is 6.90. The van der Waals surface area contributed by atoms with Gasteiger partial charge in [-0.25, -0.2) is 12.8 Å². The van der Waals surface area contributed by atoms with Gasteiger partial charge < -0.3 is 5.32 Å². The van der Waals surface area contributed by atoms with Crippen LogP contribution >= 0.6 is 12.2 Å². The number of thiocarbonyl (C=S) groups is 1. The van der Waals surface area contributed by atoms with Crippen molar-refractivity contribution < 1.29 is 17.6 Å². The Kier molecular flexibility index (Phi) is 5.71. The van der Waals surface area contributed by atoms with Crippen molar-refractivity contribution in [1.29, 1.82) is 0 Å². The molecule has 31 heavy (non-hydrogen) atoms. The van der Waals surface area contributed by atoms with Gasteiger partial charge in [-0.1, -0.05) is 18.2 Å². The number of nitrogens with zero attached hydrogens (tertiary/aromatic N) is 1. The smallest absolute Gasteiger partial charge is 0.264 e. The van der Waals surface area contributed by atoms with Gasteiger partial charge in [0.25, 0.3) is 15.9 Å². The predicted molar refractivity (Wildman–Crippen MR) is 121 cm³/mol. The SMILES string of the molecule is O=C(NC(=S)Nc1ccc(S(=O)(=O)N2CCc3ccccc32)cc1)c1ccc(F)cc1. The van der Waals surface area contributed by atoms with Crippen LogP contribution in [0.2, 0.25) is 0 Å². The van der Waals surface area contributed by atoms with Crippen LogP contribution in [0.5, 0.6) is 0 Å². The number of fused-ring (bicyclic) bond motifs is 1. The van der Waals surface area contributed by atoms with Crippen molar-refractivity contribution in [2.75, 3.05) is 16.2 Å². The van der Waals surface area contributed by atoms with Gasteiger partial charge in [0.05, 0.1) is 10.6 Å². The Morgan fingerprint density at radius 3 is 2.35 bits per heavy atom. The summed E-state index contributed by atoms with van der Waals surface area (Å²) < 4.78 is 40.5. The van der Waals surface area contributed by atoms with E-state index in [1.54, 1.807) is 18.2 Å². The first-order valence-corrected chi connectivity index (χ1v) is 11.3. The third kappa shape index (κ3) is 4.42. The maximum Gasteiger partial charge on any atom is 0.264 e. The van der Waals surface area contributed by atoms with E-state index in [4.69, 9.17) is 12.2 Å². The summed E-state index contributed by atoms with van der Waals surface area (Å²) in [7, 11) is -3.68. The molecule has 0 bridgehead atoms. The molecule has 0 fully saturated rings. The summed E-state index contributed by atoms with van der Waals surface area (Å²) >= 11 is 5.13. The van der Waals surface area contributed by atoms with E-state index in [0.29, 0.717) is 24.3 Å². The number of benzene rings is 3. The average molecular weight is 456 g/mol. The molecule has 0 radical (unpaired) electrons. The number of nitrogens with one attached hydrogen (secondary N) is 2. The summed E-state index contributed by atoms with van der Waals surface area (Å²) in [5.41, 5.74) is 2.49. The summed E-state index contributed by atoms with van der Waals surface area (Å²) in [5.74, 6) is -0.922. The molecule has 0 spiro atoms. The molecule has 2 N–H and O–H groups in total. The van der Waals surface area contributed by atoms with Crippen LogP contribution in [0.3, 0.4) is 0 Å². The molecule has 1 aliphatic rings. The van der Waals surface area contributed by atoms with Gasteiger partial charge in [-0.15, -0.1) is 0 Å². The second kappa shape index (κ2) is 8.44. The van der Waals surface area contributed by atoms with Gasteiger partial charge >= 0.3 is 0 Å². The Morgan fingerprint density at radius 1 is 0.968 bits per heavy atom. The Hall–Kier alpha value is -3.30. The number of anilines is 2. The molecule has 6 nitrogen and oxygen atoms in total. The van der Waals surface area contributed by atoms with Crippen molar-refractivity contribution in [3.8, 4) is 0 Å². The zero-order chi connectivity index (χ0) is 22.0. The van der Waals surface area contributed by atoms with Crippen molar-refractivity contribution in [1.82, 2.24) is 5.32 Å². The maximum atomic E-state index is 13.1.